The van der Waals surface area contributed by atoms with E-state index in [1.54, 1.807) is 19.3 Å². The Morgan fingerprint density at radius 3 is 2.90 bits per heavy atom. The molecule has 0 spiro atoms. The number of nitrogen functional groups attached to an aromatic ring is 1. The molecule has 7 heteroatoms. The molecular weight excluding hydrogens is 273 g/mol. The predicted octanol–water partition coefficient (Wildman–Crippen LogP) is 1.13. The van der Waals surface area contributed by atoms with Crippen LogP contribution in [0.4, 0.5) is 10.2 Å². The molecule has 0 aliphatic heterocycles. The molecule has 6 nitrogen and oxygen atoms in total. The van der Waals surface area contributed by atoms with Gasteiger partial charge < -0.3 is 10.6 Å². The van der Waals surface area contributed by atoms with Gasteiger partial charge in [-0.1, -0.05) is 0 Å². The lowest BCUT2D eigenvalue weighted by Crippen LogP contribution is -2.30. The Balaban J connectivity index is 2.05. The second-order valence-electron chi connectivity index (χ2n) is 4.61. The summed E-state index contributed by atoms with van der Waals surface area (Å²) in [5, 5.41) is 12.7. The number of benzene rings is 1. The van der Waals surface area contributed by atoms with E-state index in [1.165, 1.54) is 27.8 Å². The molecule has 0 saturated carbocycles. The second kappa shape index (κ2) is 6.05. The molecule has 1 aromatic carbocycles. The summed E-state index contributed by atoms with van der Waals surface area (Å²) in [4.78, 5) is 13.4. The summed E-state index contributed by atoms with van der Waals surface area (Å²) in [6, 6.07) is 7.58. The quantitative estimate of drug-likeness (QED) is 0.913. The molecule has 1 aromatic heterocycles. The van der Waals surface area contributed by atoms with Gasteiger partial charge in [0.2, 0.25) is 5.91 Å². The van der Waals surface area contributed by atoms with E-state index in [4.69, 9.17) is 11.0 Å². The fourth-order valence-corrected chi connectivity index (χ4v) is 1.83. The molecule has 0 atom stereocenters. The van der Waals surface area contributed by atoms with Crippen LogP contribution in [0.3, 0.4) is 0 Å². The Hall–Kier alpha value is -2.88. The third kappa shape index (κ3) is 3.57. The number of halogens is 1. The Morgan fingerprint density at radius 1 is 1.52 bits per heavy atom. The Morgan fingerprint density at radius 2 is 2.29 bits per heavy atom. The molecule has 108 valence electrons. The first kappa shape index (κ1) is 14.5. The molecule has 0 bridgehead atoms. The molecule has 0 aliphatic carbocycles. The van der Waals surface area contributed by atoms with Crippen molar-refractivity contribution in [1.29, 1.82) is 5.26 Å². The maximum atomic E-state index is 13.7. The summed E-state index contributed by atoms with van der Waals surface area (Å²) in [6.07, 6.45) is 1.60. The first-order valence-electron chi connectivity index (χ1n) is 6.21. The van der Waals surface area contributed by atoms with E-state index in [0.717, 1.165) is 0 Å². The summed E-state index contributed by atoms with van der Waals surface area (Å²) >= 11 is 0. The minimum Gasteiger partial charge on any atom is -0.382 e. The maximum Gasteiger partial charge on any atom is 0.244 e. The lowest BCUT2D eigenvalue weighted by atomic mass is 10.1. The summed E-state index contributed by atoms with van der Waals surface area (Å²) < 4.78 is 15.1. The third-order valence-corrected chi connectivity index (χ3v) is 2.97. The normalized spacial score (nSPS) is 10.1. The van der Waals surface area contributed by atoms with Crippen molar-refractivity contribution in [2.75, 3.05) is 12.8 Å². The number of carbonyl (C=O) groups excluding carboxylic acids is 1. The van der Waals surface area contributed by atoms with Crippen LogP contribution in [0.15, 0.2) is 30.5 Å². The molecular formula is C14H14FN5O. The van der Waals surface area contributed by atoms with Crippen molar-refractivity contribution in [3.05, 3.63) is 47.4 Å². The minimum atomic E-state index is -0.447. The molecule has 0 aliphatic rings. The van der Waals surface area contributed by atoms with Crippen LogP contribution in [-0.4, -0.2) is 27.6 Å². The van der Waals surface area contributed by atoms with Crippen LogP contribution in [0.1, 0.15) is 11.1 Å². The van der Waals surface area contributed by atoms with Gasteiger partial charge in [-0.25, -0.2) is 4.39 Å². The van der Waals surface area contributed by atoms with E-state index in [9.17, 15) is 9.18 Å². The van der Waals surface area contributed by atoms with Crippen LogP contribution < -0.4 is 5.73 Å². The van der Waals surface area contributed by atoms with Crippen molar-refractivity contribution in [2.45, 2.75) is 13.1 Å². The summed E-state index contributed by atoms with van der Waals surface area (Å²) in [5.74, 6) is -0.352. The van der Waals surface area contributed by atoms with Crippen LogP contribution in [0.2, 0.25) is 0 Å². The lowest BCUT2D eigenvalue weighted by Gasteiger charge is -2.17. The molecule has 21 heavy (non-hydrogen) atoms. The Kier molecular flexibility index (Phi) is 4.18. The van der Waals surface area contributed by atoms with Gasteiger partial charge in [0.05, 0.1) is 11.6 Å². The molecule has 2 rings (SSSR count). The number of carbonyl (C=O) groups is 1. The number of hydrogen-bond acceptors (Lipinski definition) is 4. The number of nitrogens with zero attached hydrogens (tertiary/aromatic N) is 4. The molecule has 2 aromatic rings. The first-order valence-corrected chi connectivity index (χ1v) is 6.21. The Bertz CT molecular complexity index is 704. The van der Waals surface area contributed by atoms with Crippen LogP contribution >= 0.6 is 0 Å². The number of amides is 1. The maximum absolute atomic E-state index is 13.7. The van der Waals surface area contributed by atoms with Crippen molar-refractivity contribution < 1.29 is 9.18 Å². The number of aromatic nitrogens is 2. The topological polar surface area (TPSA) is 87.9 Å². The van der Waals surface area contributed by atoms with E-state index in [-0.39, 0.29) is 19.0 Å². The van der Waals surface area contributed by atoms with Gasteiger partial charge in [-0.15, -0.1) is 0 Å². The Labute approximate surface area is 121 Å². The van der Waals surface area contributed by atoms with Gasteiger partial charge in [0.15, 0.2) is 0 Å². The fourth-order valence-electron chi connectivity index (χ4n) is 1.83. The van der Waals surface area contributed by atoms with E-state index in [0.29, 0.717) is 16.9 Å². The third-order valence-electron chi connectivity index (χ3n) is 2.97. The molecule has 1 heterocycles. The van der Waals surface area contributed by atoms with Crippen molar-refractivity contribution in [1.82, 2.24) is 14.7 Å². The largest absolute Gasteiger partial charge is 0.382 e. The van der Waals surface area contributed by atoms with Gasteiger partial charge >= 0.3 is 0 Å². The molecule has 1 amide bonds. The molecule has 0 saturated heterocycles. The van der Waals surface area contributed by atoms with Crippen molar-refractivity contribution in [2.24, 2.45) is 0 Å². The second-order valence-corrected chi connectivity index (χ2v) is 4.61. The number of rotatable bonds is 4. The van der Waals surface area contributed by atoms with E-state index >= 15 is 0 Å². The minimum absolute atomic E-state index is 0.0211. The molecule has 0 radical (unpaired) electrons. The van der Waals surface area contributed by atoms with E-state index < -0.39 is 5.82 Å². The van der Waals surface area contributed by atoms with Crippen molar-refractivity contribution in [3.8, 4) is 6.07 Å². The van der Waals surface area contributed by atoms with Crippen LogP contribution in [-0.2, 0) is 17.9 Å². The zero-order valence-electron chi connectivity index (χ0n) is 11.5. The van der Waals surface area contributed by atoms with Crippen molar-refractivity contribution >= 4 is 11.7 Å². The van der Waals surface area contributed by atoms with Crippen LogP contribution in [0.25, 0.3) is 0 Å². The number of anilines is 1. The van der Waals surface area contributed by atoms with Gasteiger partial charge in [-0.05, 0) is 24.3 Å². The zero-order chi connectivity index (χ0) is 15.4. The summed E-state index contributed by atoms with van der Waals surface area (Å²) in [7, 11) is 1.56. The monoisotopic (exact) mass is 287 g/mol. The predicted molar refractivity (Wildman–Crippen MR) is 74.2 cm³/mol. The van der Waals surface area contributed by atoms with Crippen molar-refractivity contribution in [3.63, 3.8) is 0 Å². The average molecular weight is 287 g/mol. The highest BCUT2D eigenvalue weighted by atomic mass is 19.1. The molecule has 0 unspecified atom stereocenters. The van der Waals surface area contributed by atoms with Gasteiger partial charge in [-0.3, -0.25) is 9.48 Å². The number of likely N-dealkylation sites (N-methyl/N-ethyl adjacent to an activating group) is 1. The summed E-state index contributed by atoms with van der Waals surface area (Å²) in [5.41, 5.74) is 6.12. The van der Waals surface area contributed by atoms with Crippen LogP contribution in [0.5, 0.6) is 0 Å². The standard InChI is InChI=1S/C14H14FN5O/c1-19(14(21)9-20-5-4-13(17)18-20)8-11-6-10(7-16)2-3-12(11)15/h2-6H,8-9H2,1H3,(H2,17,18). The van der Waals surface area contributed by atoms with Crippen LogP contribution in [0, 0.1) is 17.1 Å². The average Bonchev–Trinajstić information content (AvgIpc) is 2.86. The van der Waals surface area contributed by atoms with Gasteiger partial charge in [0.1, 0.15) is 18.2 Å². The highest BCUT2D eigenvalue weighted by Crippen LogP contribution is 2.12. The highest BCUT2D eigenvalue weighted by molar-refractivity contribution is 5.75. The lowest BCUT2D eigenvalue weighted by molar-refractivity contribution is -0.131. The first-order chi connectivity index (χ1) is 9.99. The summed E-state index contributed by atoms with van der Waals surface area (Å²) in [6.45, 7) is 0.101. The number of hydrogen-bond donors (Lipinski definition) is 1. The van der Waals surface area contributed by atoms with Gasteiger partial charge in [-0.2, -0.15) is 10.4 Å². The SMILES string of the molecule is CN(Cc1cc(C#N)ccc1F)C(=O)Cn1ccc(N)n1. The van der Waals surface area contributed by atoms with E-state index in [2.05, 4.69) is 5.10 Å². The molecule has 2 N–H and O–H groups in total. The number of nitrogens with two attached hydrogens (primary N) is 1. The fraction of sp³-hybridized carbons (Fsp3) is 0.214. The van der Waals surface area contributed by atoms with Gasteiger partial charge in [0.25, 0.3) is 0 Å². The number of nitriles is 1. The highest BCUT2D eigenvalue weighted by Gasteiger charge is 2.13. The zero-order valence-corrected chi connectivity index (χ0v) is 11.5. The van der Waals surface area contributed by atoms with E-state index in [1.807, 2.05) is 6.07 Å². The molecule has 0 fully saturated rings. The smallest absolute Gasteiger partial charge is 0.244 e. The van der Waals surface area contributed by atoms with Gasteiger partial charge in [0, 0.05) is 25.4 Å².